The van der Waals surface area contributed by atoms with E-state index < -0.39 is 23.8 Å². The number of hydrogen-bond donors (Lipinski definition) is 5. The van der Waals surface area contributed by atoms with Crippen LogP contribution < -0.4 is 5.48 Å². The van der Waals surface area contributed by atoms with Crippen LogP contribution in [0, 0.1) is 88.1 Å². The van der Waals surface area contributed by atoms with Crippen molar-refractivity contribution in [3.05, 3.63) is 303 Å². The number of carbonyl (C=O) groups excluding carboxylic acids is 1. The number of nitrogens with one attached hydrogen (secondary N) is 1. The van der Waals surface area contributed by atoms with Crippen molar-refractivity contribution in [2.24, 2.45) is 0 Å². The first kappa shape index (κ1) is 76.1. The first-order chi connectivity index (χ1) is 35.9. The second-order valence-corrected chi connectivity index (χ2v) is 17.5. The zero-order valence-corrected chi connectivity index (χ0v) is 56.3. The molecule has 11 nitrogen and oxygen atoms in total. The Bertz CT molecular complexity index is 2930. The van der Waals surface area contributed by atoms with Gasteiger partial charge in [0, 0.05) is 120 Å². The first-order valence-electron chi connectivity index (χ1n) is 24.0. The maximum atomic E-state index is 11.2. The number of hydrogen-bond acceptors (Lipinski definition) is 5. The number of carboxylic acid groups (broad SMARTS) is 3. The van der Waals surface area contributed by atoms with Crippen molar-refractivity contribution in [1.82, 2.24) is 5.48 Å². The maximum Gasteiger partial charge on any atom is 0.335 e. The van der Waals surface area contributed by atoms with Crippen molar-refractivity contribution in [2.45, 2.75) is 51.4 Å². The summed E-state index contributed by atoms with van der Waals surface area (Å²) < 4.78 is 0.887. The van der Waals surface area contributed by atoms with E-state index in [4.69, 9.17) is 20.5 Å². The third kappa shape index (κ3) is 32.8. The van der Waals surface area contributed by atoms with E-state index >= 15 is 0 Å². The Hall–Kier alpha value is -4.97. The minimum atomic E-state index is -0.896. The number of aryl methyl sites for hydroxylation is 4. The number of carbonyl (C=O) groups is 4. The average molecular weight is 1650 g/mol. The number of allylic oxidation sites excluding steroid dienone is 2. The molecule has 0 bridgehead atoms. The van der Waals surface area contributed by atoms with Crippen LogP contribution in [-0.2, 0) is 58.9 Å². The van der Waals surface area contributed by atoms with Crippen molar-refractivity contribution >= 4 is 45.8 Å². The van der Waals surface area contributed by atoms with Crippen molar-refractivity contribution in [1.29, 1.82) is 0 Å². The van der Waals surface area contributed by atoms with Crippen LogP contribution in [0.1, 0.15) is 94.6 Å². The molecule has 9 N–H and O–H groups in total. The van der Waals surface area contributed by atoms with Gasteiger partial charge in [0.1, 0.15) is 0 Å². The molecule has 412 valence electrons. The SMILES string of the molecule is C=CCc1ccccc1.O.O.O=C(NO)c1ccc(CCCc2ccccc2)cc1.O=C(O)c1ccc(Br)cc1.O=C(O)c1ccc(C=CCc2ccccc2)cc1.O=C(O)c1ccc(CCCc2ccccc2)cc1.[Ac].[Ac].[HH].[Pd]. The molecule has 0 heterocycles. The summed E-state index contributed by atoms with van der Waals surface area (Å²) in [6.07, 6.45) is 14.1. The molecule has 1 amide bonds. The van der Waals surface area contributed by atoms with Crippen LogP contribution in [0.3, 0.4) is 0 Å². The first-order valence-corrected chi connectivity index (χ1v) is 24.8. The van der Waals surface area contributed by atoms with Crippen LogP contribution in [0.25, 0.3) is 6.08 Å². The summed E-state index contributed by atoms with van der Waals surface area (Å²) in [6, 6.07) is 69.1. The molecule has 0 aromatic heterocycles. The van der Waals surface area contributed by atoms with Crippen LogP contribution in [0.5, 0.6) is 0 Å². The van der Waals surface area contributed by atoms with Gasteiger partial charge in [-0.3, -0.25) is 10.0 Å². The quantitative estimate of drug-likeness (QED) is 0.0255. The summed E-state index contributed by atoms with van der Waals surface area (Å²) in [5, 5.41) is 34.6. The Balaban J connectivity index is -0.000000932. The molecule has 0 saturated heterocycles. The number of rotatable bonds is 17. The molecule has 0 aliphatic heterocycles. The Morgan fingerprint density at radius 1 is 0.430 bits per heavy atom. The number of carboxylic acids is 3. The molecule has 2 radical (unpaired) electrons. The minimum Gasteiger partial charge on any atom is -0.478 e. The second-order valence-electron chi connectivity index (χ2n) is 16.6. The van der Waals surface area contributed by atoms with Gasteiger partial charge in [0.05, 0.1) is 16.7 Å². The molecule has 0 atom stereocenters. The Morgan fingerprint density at radius 3 is 1.05 bits per heavy atom. The van der Waals surface area contributed by atoms with Gasteiger partial charge in [-0.25, -0.2) is 19.9 Å². The van der Waals surface area contributed by atoms with Crippen LogP contribution in [0.2, 0.25) is 0 Å². The molecule has 15 heteroatoms. The topological polar surface area (TPSA) is 224 Å². The third-order valence-electron chi connectivity index (χ3n) is 11.0. The maximum absolute atomic E-state index is 11.2. The molecule has 79 heavy (non-hydrogen) atoms. The van der Waals surface area contributed by atoms with Gasteiger partial charge in [0.15, 0.2) is 0 Å². The molecule has 0 aliphatic rings. The van der Waals surface area contributed by atoms with Crippen LogP contribution in [-0.4, -0.2) is 55.3 Å². The molecule has 0 spiro atoms. The number of aromatic carboxylic acids is 3. The fourth-order valence-corrected chi connectivity index (χ4v) is 7.30. The third-order valence-corrected chi connectivity index (χ3v) is 11.6. The van der Waals surface area contributed by atoms with Crippen LogP contribution in [0.15, 0.2) is 242 Å². The van der Waals surface area contributed by atoms with Crippen LogP contribution >= 0.6 is 15.9 Å². The smallest absolute Gasteiger partial charge is 0.335 e. The van der Waals surface area contributed by atoms with E-state index in [1.807, 2.05) is 97.1 Å². The Morgan fingerprint density at radius 2 is 0.722 bits per heavy atom. The fourth-order valence-electron chi connectivity index (χ4n) is 7.04. The average Bonchev–Trinajstić information content (AvgIpc) is 3.43. The van der Waals surface area contributed by atoms with Crippen molar-refractivity contribution in [3.8, 4) is 0 Å². The summed E-state index contributed by atoms with van der Waals surface area (Å²) in [5.41, 5.74) is 11.7. The molecular formula is C64H68Ac2BrNO10Pd. The zero-order chi connectivity index (χ0) is 53.2. The van der Waals surface area contributed by atoms with Gasteiger partial charge in [0.25, 0.3) is 5.91 Å². The van der Waals surface area contributed by atoms with E-state index in [9.17, 15) is 19.2 Å². The fraction of sp³-hybridized carbons (Fsp3) is 0.125. The number of halogens is 1. The summed E-state index contributed by atoms with van der Waals surface area (Å²) in [7, 11) is 0. The van der Waals surface area contributed by atoms with Gasteiger partial charge in [-0.15, -0.1) is 6.58 Å². The van der Waals surface area contributed by atoms with Crippen LogP contribution in [0.4, 0.5) is 0 Å². The van der Waals surface area contributed by atoms with Gasteiger partial charge in [0.2, 0.25) is 0 Å². The monoisotopic (exact) mass is 1650 g/mol. The zero-order valence-electron chi connectivity index (χ0n) is 43.7. The number of amides is 1. The number of benzene rings is 8. The molecule has 0 aliphatic carbocycles. The van der Waals surface area contributed by atoms with E-state index in [1.165, 1.54) is 33.4 Å². The van der Waals surface area contributed by atoms with E-state index in [0.29, 0.717) is 22.3 Å². The van der Waals surface area contributed by atoms with Gasteiger partial charge < -0.3 is 26.3 Å². The Kier molecular flexibility index (Phi) is 44.0. The molecule has 0 saturated carbocycles. The molecular weight excluding hydrogens is 1580 g/mol. The summed E-state index contributed by atoms with van der Waals surface area (Å²) in [5.74, 6) is -3.14. The number of hydroxylamine groups is 1. The molecule has 0 fully saturated rings. The molecule has 8 aromatic carbocycles. The molecule has 0 unspecified atom stereocenters. The largest absolute Gasteiger partial charge is 0.478 e. The van der Waals surface area contributed by atoms with Gasteiger partial charge in [-0.2, -0.15) is 0 Å². The standard InChI is InChI=1S/C16H17NO2.C16H16O2.C16H14O2.C9H10.C7H5BrO2.2Ac.2H2O.Pd.H2/c18-16(17-19)15-11-9-14(10-12-15)8-4-7-13-5-2-1-3-6-13;2*17-16(18)15-11-9-14(10-12-15)8-4-7-13-5-2-1-3-6-13;1-2-6-9-7-4-3-5-8-9;8-6-3-1-5(2-4-6)7(9)10;;;;;;/h1-3,5-6,9-12,19H,4,7-8H2,(H,17,18);1-3,5-6,9-12H,4,7-8H2,(H,17,18);1-6,8-12H,7H2,(H,17,18);2-5,7-8H,1,6H2;1-4H,(H,9,10);;;2*1H2;;1H. The normalized spacial score (nSPS) is 9.39. The van der Waals surface area contributed by atoms with Crippen molar-refractivity contribution in [2.75, 3.05) is 0 Å². The summed E-state index contributed by atoms with van der Waals surface area (Å²) >= 11 is 3.20. The van der Waals surface area contributed by atoms with E-state index in [2.05, 4.69) is 101 Å². The molecule has 8 rings (SSSR count). The van der Waals surface area contributed by atoms with Crippen molar-refractivity contribution < 1.29 is 161 Å². The predicted octanol–water partition coefficient (Wildman–Crippen LogP) is 13.3. The van der Waals surface area contributed by atoms with Crippen molar-refractivity contribution in [3.63, 3.8) is 0 Å². The minimum absolute atomic E-state index is 0. The Labute approximate surface area is 559 Å². The van der Waals surface area contributed by atoms with Gasteiger partial charge in [-0.05, 0) is 151 Å². The summed E-state index contributed by atoms with van der Waals surface area (Å²) in [4.78, 5) is 42.9. The second kappa shape index (κ2) is 45.7. The van der Waals surface area contributed by atoms with E-state index in [0.717, 1.165) is 61.4 Å². The van der Waals surface area contributed by atoms with Gasteiger partial charge in [-0.1, -0.05) is 192 Å². The predicted molar refractivity (Wildman–Crippen MR) is 309 cm³/mol. The summed E-state index contributed by atoms with van der Waals surface area (Å²) in [6.45, 7) is 3.66. The molecule has 8 aromatic rings. The van der Waals surface area contributed by atoms with Gasteiger partial charge >= 0.3 is 17.9 Å². The van der Waals surface area contributed by atoms with E-state index in [1.54, 1.807) is 66.1 Å². The van der Waals surface area contributed by atoms with E-state index in [-0.39, 0.29) is 121 Å².